The van der Waals surface area contributed by atoms with E-state index in [0.717, 1.165) is 23.0 Å². The van der Waals surface area contributed by atoms with E-state index in [1.807, 2.05) is 18.2 Å². The van der Waals surface area contributed by atoms with Crippen LogP contribution in [0.2, 0.25) is 10.0 Å². The summed E-state index contributed by atoms with van der Waals surface area (Å²) in [4.78, 5) is 24.2. The molecule has 0 saturated carbocycles. The highest BCUT2D eigenvalue weighted by atomic mass is 35.5. The van der Waals surface area contributed by atoms with Gasteiger partial charge in [0.15, 0.2) is 0 Å². The summed E-state index contributed by atoms with van der Waals surface area (Å²) in [5.41, 5.74) is 3.11. The number of nitrogens with one attached hydrogen (secondary N) is 2. The lowest BCUT2D eigenvalue weighted by Crippen LogP contribution is -2.33. The van der Waals surface area contributed by atoms with Gasteiger partial charge in [0.25, 0.3) is 0 Å². The fraction of sp³-hybridized carbons (Fsp3) is 0.200. The molecule has 2 amide bonds. The summed E-state index contributed by atoms with van der Waals surface area (Å²) < 4.78 is 5.53. The highest BCUT2D eigenvalue weighted by Gasteiger charge is 2.13. The molecule has 0 saturated heterocycles. The lowest BCUT2D eigenvalue weighted by atomic mass is 10.1. The van der Waals surface area contributed by atoms with Crippen LogP contribution in [0.5, 0.6) is 0 Å². The van der Waals surface area contributed by atoms with E-state index in [-0.39, 0.29) is 18.9 Å². The van der Waals surface area contributed by atoms with Gasteiger partial charge in [-0.2, -0.15) is 0 Å². The lowest BCUT2D eigenvalue weighted by Gasteiger charge is -2.08. The largest absolute Gasteiger partial charge is 0.464 e. The second-order valence-electron chi connectivity index (χ2n) is 6.07. The van der Waals surface area contributed by atoms with Crippen LogP contribution in [-0.4, -0.2) is 18.4 Å². The fourth-order valence-corrected chi connectivity index (χ4v) is 3.02. The number of carbonyl (C=O) groups excluding carboxylic acids is 2. The topological polar surface area (TPSA) is 71.3 Å². The number of benzene rings is 2. The van der Waals surface area contributed by atoms with E-state index in [0.29, 0.717) is 15.7 Å². The van der Waals surface area contributed by atoms with Gasteiger partial charge < -0.3 is 15.1 Å². The van der Waals surface area contributed by atoms with E-state index in [1.54, 1.807) is 24.5 Å². The molecule has 140 valence electrons. The molecule has 2 N–H and O–H groups in total. The first-order chi connectivity index (χ1) is 13.0. The number of hydrogen-bond acceptors (Lipinski definition) is 3. The Labute approximate surface area is 166 Å². The maximum atomic E-state index is 12.2. The minimum absolute atomic E-state index is 0.129. The van der Waals surface area contributed by atoms with Gasteiger partial charge in [0.1, 0.15) is 5.58 Å². The van der Waals surface area contributed by atoms with Gasteiger partial charge in [-0.05, 0) is 36.2 Å². The molecular formula is C20H18Cl2N2O3. The summed E-state index contributed by atoms with van der Waals surface area (Å²) in [7, 11) is 0. The summed E-state index contributed by atoms with van der Waals surface area (Å²) >= 11 is 11.9. The normalized spacial score (nSPS) is 10.8. The summed E-state index contributed by atoms with van der Waals surface area (Å²) in [5.74, 6) is -0.665. The highest BCUT2D eigenvalue weighted by Crippen LogP contribution is 2.25. The van der Waals surface area contributed by atoms with E-state index in [4.69, 9.17) is 27.6 Å². The van der Waals surface area contributed by atoms with Crippen LogP contribution in [0.25, 0.3) is 11.0 Å². The van der Waals surface area contributed by atoms with Crippen LogP contribution < -0.4 is 10.6 Å². The van der Waals surface area contributed by atoms with Crippen LogP contribution in [0.3, 0.4) is 0 Å². The zero-order chi connectivity index (χ0) is 19.4. The van der Waals surface area contributed by atoms with E-state index < -0.39 is 5.91 Å². The standard InChI is InChI=1S/C20H18Cl2N2O3/c1-2-12-3-5-15-13(11-27-18(15)7-12)8-19(25)23-10-20(26)24-17-9-14(21)4-6-16(17)22/h3-7,9,11H,2,8,10H2,1H3,(H,23,25)(H,24,26). The van der Waals surface area contributed by atoms with Gasteiger partial charge in [-0.3, -0.25) is 9.59 Å². The lowest BCUT2D eigenvalue weighted by molar-refractivity contribution is -0.123. The predicted octanol–water partition coefficient (Wildman–Crippen LogP) is 4.60. The van der Waals surface area contributed by atoms with Crippen molar-refractivity contribution in [3.63, 3.8) is 0 Å². The fourth-order valence-electron chi connectivity index (χ4n) is 2.69. The van der Waals surface area contributed by atoms with Crippen molar-refractivity contribution in [2.24, 2.45) is 0 Å². The van der Waals surface area contributed by atoms with E-state index in [2.05, 4.69) is 17.6 Å². The van der Waals surface area contributed by atoms with Crippen molar-refractivity contribution in [2.45, 2.75) is 19.8 Å². The predicted molar refractivity (Wildman–Crippen MR) is 107 cm³/mol. The number of amides is 2. The van der Waals surface area contributed by atoms with Crippen molar-refractivity contribution < 1.29 is 14.0 Å². The van der Waals surface area contributed by atoms with Crippen molar-refractivity contribution in [1.29, 1.82) is 0 Å². The molecule has 0 aliphatic carbocycles. The monoisotopic (exact) mass is 404 g/mol. The molecule has 0 aliphatic rings. The Hall–Kier alpha value is -2.50. The Morgan fingerprint density at radius 1 is 1.07 bits per heavy atom. The van der Waals surface area contributed by atoms with E-state index in [9.17, 15) is 9.59 Å². The molecule has 0 fully saturated rings. The Morgan fingerprint density at radius 2 is 1.89 bits per heavy atom. The maximum absolute atomic E-state index is 12.2. The van der Waals surface area contributed by atoms with Gasteiger partial charge >= 0.3 is 0 Å². The molecule has 1 heterocycles. The maximum Gasteiger partial charge on any atom is 0.243 e. The Morgan fingerprint density at radius 3 is 2.67 bits per heavy atom. The van der Waals surface area contributed by atoms with Crippen LogP contribution in [0.15, 0.2) is 47.1 Å². The Bertz CT molecular complexity index is 998. The third kappa shape index (κ3) is 4.81. The summed E-state index contributed by atoms with van der Waals surface area (Å²) in [5, 5.41) is 6.94. The molecule has 2 aromatic carbocycles. The van der Waals surface area contributed by atoms with Gasteiger partial charge in [-0.25, -0.2) is 0 Å². The van der Waals surface area contributed by atoms with Crippen LogP contribution in [0.1, 0.15) is 18.1 Å². The van der Waals surface area contributed by atoms with Gasteiger partial charge in [-0.15, -0.1) is 0 Å². The smallest absolute Gasteiger partial charge is 0.243 e. The molecule has 0 unspecified atom stereocenters. The zero-order valence-electron chi connectivity index (χ0n) is 14.6. The minimum atomic E-state index is -0.392. The number of anilines is 1. The van der Waals surface area contributed by atoms with Gasteiger partial charge in [0.2, 0.25) is 11.8 Å². The SMILES string of the molecule is CCc1ccc2c(CC(=O)NCC(=O)Nc3cc(Cl)ccc3Cl)coc2c1. The Balaban J connectivity index is 1.56. The average Bonchev–Trinajstić information content (AvgIpc) is 3.05. The Kier molecular flexibility index (Phi) is 6.04. The number of furan rings is 1. The number of carbonyl (C=O) groups is 2. The molecule has 5 nitrogen and oxygen atoms in total. The quantitative estimate of drug-likeness (QED) is 0.630. The van der Waals surface area contributed by atoms with Crippen molar-refractivity contribution in [2.75, 3.05) is 11.9 Å². The highest BCUT2D eigenvalue weighted by molar-refractivity contribution is 6.35. The zero-order valence-corrected chi connectivity index (χ0v) is 16.2. The first-order valence-electron chi connectivity index (χ1n) is 8.47. The van der Waals surface area contributed by atoms with Crippen LogP contribution in [0, 0.1) is 0 Å². The second-order valence-corrected chi connectivity index (χ2v) is 6.91. The molecule has 1 aromatic heterocycles. The molecule has 3 aromatic rings. The average molecular weight is 405 g/mol. The first-order valence-corrected chi connectivity index (χ1v) is 9.22. The van der Waals surface area contributed by atoms with Gasteiger partial charge in [0, 0.05) is 16.0 Å². The molecule has 27 heavy (non-hydrogen) atoms. The molecule has 3 rings (SSSR count). The molecule has 0 aliphatic heterocycles. The van der Waals surface area contributed by atoms with E-state index in [1.165, 1.54) is 5.56 Å². The molecular weight excluding hydrogens is 387 g/mol. The molecule has 0 spiro atoms. The third-order valence-corrected chi connectivity index (χ3v) is 4.69. The van der Waals surface area contributed by atoms with Gasteiger partial charge in [0.05, 0.1) is 29.9 Å². The van der Waals surface area contributed by atoms with Crippen molar-refractivity contribution in [1.82, 2.24) is 5.32 Å². The van der Waals surface area contributed by atoms with Crippen LogP contribution in [0.4, 0.5) is 5.69 Å². The number of aryl methyl sites for hydroxylation is 1. The number of fused-ring (bicyclic) bond motifs is 1. The van der Waals surface area contributed by atoms with Crippen molar-refractivity contribution >= 4 is 51.7 Å². The summed E-state index contributed by atoms with van der Waals surface area (Å²) in [6, 6.07) is 10.7. The van der Waals surface area contributed by atoms with Crippen LogP contribution >= 0.6 is 23.2 Å². The third-order valence-electron chi connectivity index (χ3n) is 4.13. The summed E-state index contributed by atoms with van der Waals surface area (Å²) in [6.07, 6.45) is 2.62. The second kappa shape index (κ2) is 8.46. The first kappa shape index (κ1) is 19.3. The molecule has 0 radical (unpaired) electrons. The molecule has 7 heteroatoms. The van der Waals surface area contributed by atoms with Gasteiger partial charge in [-0.1, -0.05) is 42.3 Å². The summed E-state index contributed by atoms with van der Waals surface area (Å²) in [6.45, 7) is 1.90. The number of hydrogen-bond donors (Lipinski definition) is 2. The number of rotatable bonds is 6. The van der Waals surface area contributed by atoms with E-state index >= 15 is 0 Å². The minimum Gasteiger partial charge on any atom is -0.464 e. The van der Waals surface area contributed by atoms with Crippen molar-refractivity contribution in [3.8, 4) is 0 Å². The molecule has 0 atom stereocenters. The molecule has 0 bridgehead atoms. The van der Waals surface area contributed by atoms with Crippen LogP contribution in [-0.2, 0) is 22.4 Å². The number of halogens is 2. The van der Waals surface area contributed by atoms with Crippen molar-refractivity contribution in [3.05, 3.63) is 63.8 Å².